The molecule has 1 saturated heterocycles. The van der Waals surface area contributed by atoms with Crippen molar-refractivity contribution in [2.24, 2.45) is 5.73 Å². The summed E-state index contributed by atoms with van der Waals surface area (Å²) in [5, 5.41) is 17.0. The van der Waals surface area contributed by atoms with Crippen LogP contribution in [0.15, 0.2) is 48.5 Å². The molecule has 2 aromatic rings. The summed E-state index contributed by atoms with van der Waals surface area (Å²) in [6, 6.07) is 11.6. The van der Waals surface area contributed by atoms with Crippen LogP contribution in [0.25, 0.3) is 6.08 Å². The Morgan fingerprint density at radius 2 is 2.00 bits per heavy atom. The molecule has 0 radical (unpaired) electrons. The molecule has 0 atom stereocenters. The molecule has 11 heteroatoms. The standard InChI is InChI=1S/C27H35ClN4O5S/c1-2-3-13-31-15-11-23(12-16-31)37-25-10-9-22(18-24(25)28)32(38(35,36)19-26(33)34)14-5-7-20-6-4-8-21(17-20)27(29)30/h4-10,17-18,23H,2-3,11-16,19H2,1H3,(H3,29,30)(H,33,34)/b7-5+. The number of unbranched alkanes of at least 4 members (excludes halogenated alkanes) is 1. The van der Waals surface area contributed by atoms with E-state index in [0.29, 0.717) is 11.3 Å². The molecule has 2 aromatic carbocycles. The van der Waals surface area contributed by atoms with E-state index < -0.39 is 21.7 Å². The van der Waals surface area contributed by atoms with Gasteiger partial charge < -0.3 is 20.5 Å². The zero-order valence-electron chi connectivity index (χ0n) is 21.5. The number of halogens is 1. The van der Waals surface area contributed by atoms with Gasteiger partial charge in [0.2, 0.25) is 10.0 Å². The van der Waals surface area contributed by atoms with Crippen molar-refractivity contribution in [3.05, 3.63) is 64.7 Å². The predicted molar refractivity (Wildman–Crippen MR) is 152 cm³/mol. The molecule has 1 aliphatic rings. The highest BCUT2D eigenvalue weighted by molar-refractivity contribution is 7.93. The van der Waals surface area contributed by atoms with Crippen LogP contribution in [0.1, 0.15) is 43.7 Å². The number of rotatable bonds is 13. The SMILES string of the molecule is CCCCN1CCC(Oc2ccc(N(C/C=C/c3cccc(C(=N)N)c3)S(=O)(=O)CC(=O)O)cc2Cl)CC1. The summed E-state index contributed by atoms with van der Waals surface area (Å²) in [5.41, 5.74) is 7.03. The number of carboxylic acid groups (broad SMARTS) is 1. The van der Waals surface area contributed by atoms with Crippen molar-refractivity contribution >= 4 is 45.2 Å². The molecule has 0 aliphatic carbocycles. The summed E-state index contributed by atoms with van der Waals surface area (Å²) in [6.45, 7) is 5.08. The molecule has 206 valence electrons. The van der Waals surface area contributed by atoms with Crippen LogP contribution in [0.4, 0.5) is 5.69 Å². The fourth-order valence-electron chi connectivity index (χ4n) is 4.26. The third kappa shape index (κ3) is 8.47. The molecule has 0 aromatic heterocycles. The molecular formula is C27H35ClN4O5S. The van der Waals surface area contributed by atoms with Gasteiger partial charge in [0.25, 0.3) is 0 Å². The Bertz CT molecular complexity index is 1260. The van der Waals surface area contributed by atoms with Crippen LogP contribution in [0.5, 0.6) is 5.75 Å². The lowest BCUT2D eigenvalue weighted by molar-refractivity contribution is -0.134. The maximum absolute atomic E-state index is 12.9. The Balaban J connectivity index is 1.75. The number of nitrogens with zero attached hydrogens (tertiary/aromatic N) is 2. The summed E-state index contributed by atoms with van der Waals surface area (Å²) in [6.07, 6.45) is 7.43. The van der Waals surface area contributed by atoms with Crippen molar-refractivity contribution in [1.29, 1.82) is 5.41 Å². The number of piperidine rings is 1. The molecule has 1 fully saturated rings. The van der Waals surface area contributed by atoms with Gasteiger partial charge in [-0.15, -0.1) is 0 Å². The van der Waals surface area contributed by atoms with Crippen LogP contribution in [-0.4, -0.2) is 68.3 Å². The van der Waals surface area contributed by atoms with Crippen molar-refractivity contribution < 1.29 is 23.1 Å². The van der Waals surface area contributed by atoms with Gasteiger partial charge in [0.1, 0.15) is 17.7 Å². The molecule has 0 amide bonds. The van der Waals surface area contributed by atoms with E-state index in [1.165, 1.54) is 18.9 Å². The Morgan fingerprint density at radius 1 is 1.26 bits per heavy atom. The average molecular weight is 563 g/mol. The third-order valence-electron chi connectivity index (χ3n) is 6.28. The minimum Gasteiger partial charge on any atom is -0.489 e. The summed E-state index contributed by atoms with van der Waals surface area (Å²) in [5.74, 6) is -2.13. The third-order valence-corrected chi connectivity index (χ3v) is 8.22. The smallest absolute Gasteiger partial charge is 0.320 e. The van der Waals surface area contributed by atoms with Crippen molar-refractivity contribution in [1.82, 2.24) is 4.90 Å². The molecule has 4 N–H and O–H groups in total. The zero-order chi connectivity index (χ0) is 27.7. The van der Waals surface area contributed by atoms with Gasteiger partial charge in [0.05, 0.1) is 17.3 Å². The van der Waals surface area contributed by atoms with Gasteiger partial charge in [0.15, 0.2) is 5.75 Å². The van der Waals surface area contributed by atoms with Crippen molar-refractivity contribution in [3.63, 3.8) is 0 Å². The summed E-state index contributed by atoms with van der Waals surface area (Å²) >= 11 is 6.50. The number of hydrogen-bond acceptors (Lipinski definition) is 6. The fraction of sp³-hybridized carbons (Fsp3) is 0.407. The zero-order valence-corrected chi connectivity index (χ0v) is 23.0. The quantitative estimate of drug-likeness (QED) is 0.246. The highest BCUT2D eigenvalue weighted by Crippen LogP contribution is 2.32. The van der Waals surface area contributed by atoms with Crippen LogP contribution < -0.4 is 14.8 Å². The van der Waals surface area contributed by atoms with Crippen LogP contribution in [0.2, 0.25) is 5.02 Å². The maximum atomic E-state index is 12.9. The Kier molecular flexibility index (Phi) is 10.6. The summed E-state index contributed by atoms with van der Waals surface area (Å²) < 4.78 is 33.0. The number of hydrogen-bond donors (Lipinski definition) is 3. The summed E-state index contributed by atoms with van der Waals surface area (Å²) in [4.78, 5) is 13.7. The minimum atomic E-state index is -4.20. The molecule has 3 rings (SSSR count). The highest BCUT2D eigenvalue weighted by Gasteiger charge is 2.26. The van der Waals surface area contributed by atoms with E-state index >= 15 is 0 Å². The van der Waals surface area contributed by atoms with Gasteiger partial charge in [-0.05, 0) is 55.6 Å². The molecule has 0 spiro atoms. The van der Waals surface area contributed by atoms with Crippen molar-refractivity contribution in [2.75, 3.05) is 36.2 Å². The molecule has 9 nitrogen and oxygen atoms in total. The number of nitrogens with two attached hydrogens (primary N) is 1. The molecule has 0 saturated carbocycles. The molecule has 0 unspecified atom stereocenters. The van der Waals surface area contributed by atoms with Crippen LogP contribution in [0.3, 0.4) is 0 Å². The van der Waals surface area contributed by atoms with Crippen LogP contribution >= 0.6 is 11.6 Å². The average Bonchev–Trinajstić information content (AvgIpc) is 2.86. The van der Waals surface area contributed by atoms with Crippen molar-refractivity contribution in [2.45, 2.75) is 38.7 Å². The molecule has 1 aliphatic heterocycles. The number of anilines is 1. The van der Waals surface area contributed by atoms with E-state index in [-0.39, 0.29) is 29.2 Å². The number of sulfonamides is 1. The van der Waals surface area contributed by atoms with E-state index in [1.807, 2.05) is 0 Å². The number of amidine groups is 1. The monoisotopic (exact) mass is 562 g/mol. The fourth-order valence-corrected chi connectivity index (χ4v) is 5.70. The molecular weight excluding hydrogens is 528 g/mol. The number of carbonyl (C=O) groups is 1. The van der Waals surface area contributed by atoms with Gasteiger partial charge in [-0.1, -0.05) is 55.3 Å². The second-order valence-corrected chi connectivity index (χ2v) is 11.6. The Hall–Kier alpha value is -3.08. The first-order chi connectivity index (χ1) is 18.1. The van der Waals surface area contributed by atoms with Crippen LogP contribution in [0, 0.1) is 5.41 Å². The second-order valence-electron chi connectivity index (χ2n) is 9.25. The first-order valence-electron chi connectivity index (χ1n) is 12.6. The van der Waals surface area contributed by atoms with E-state index in [2.05, 4.69) is 11.8 Å². The van der Waals surface area contributed by atoms with Gasteiger partial charge in [-0.3, -0.25) is 14.5 Å². The molecule has 0 bridgehead atoms. The number of nitrogen functional groups attached to an aromatic ring is 1. The van der Waals surface area contributed by atoms with Crippen molar-refractivity contribution in [3.8, 4) is 5.75 Å². The number of likely N-dealkylation sites (tertiary alicyclic amines) is 1. The van der Waals surface area contributed by atoms with Crippen LogP contribution in [-0.2, 0) is 14.8 Å². The first kappa shape index (κ1) is 29.5. The molecule has 38 heavy (non-hydrogen) atoms. The lowest BCUT2D eigenvalue weighted by Crippen LogP contribution is -2.38. The Morgan fingerprint density at radius 3 is 2.63 bits per heavy atom. The van der Waals surface area contributed by atoms with E-state index in [1.54, 1.807) is 48.6 Å². The second kappa shape index (κ2) is 13.6. The summed E-state index contributed by atoms with van der Waals surface area (Å²) in [7, 11) is -4.20. The lowest BCUT2D eigenvalue weighted by Gasteiger charge is -2.32. The van der Waals surface area contributed by atoms with E-state index in [0.717, 1.165) is 42.3 Å². The van der Waals surface area contributed by atoms with E-state index in [9.17, 15) is 18.3 Å². The van der Waals surface area contributed by atoms with Gasteiger partial charge >= 0.3 is 5.97 Å². The first-order valence-corrected chi connectivity index (χ1v) is 14.6. The normalized spacial score (nSPS) is 15.0. The lowest BCUT2D eigenvalue weighted by atomic mass is 10.1. The largest absolute Gasteiger partial charge is 0.489 e. The number of aliphatic carboxylic acids is 1. The van der Waals surface area contributed by atoms with Gasteiger partial charge in [-0.2, -0.15) is 0 Å². The minimum absolute atomic E-state index is 0.0248. The number of benzene rings is 2. The topological polar surface area (TPSA) is 137 Å². The Labute approximate surface area is 229 Å². The number of ether oxygens (including phenoxy) is 1. The number of nitrogens with one attached hydrogen (secondary N) is 1. The predicted octanol–water partition coefficient (Wildman–Crippen LogP) is 4.20. The van der Waals surface area contributed by atoms with Gasteiger partial charge in [-0.25, -0.2) is 8.42 Å². The number of carboxylic acids is 1. The molecule has 1 heterocycles. The van der Waals surface area contributed by atoms with E-state index in [4.69, 9.17) is 27.5 Å². The van der Waals surface area contributed by atoms with Gasteiger partial charge in [0, 0.05) is 18.7 Å². The maximum Gasteiger partial charge on any atom is 0.320 e. The highest BCUT2D eigenvalue weighted by atomic mass is 35.5.